The van der Waals surface area contributed by atoms with Gasteiger partial charge < -0.3 is 5.73 Å². The van der Waals surface area contributed by atoms with Crippen LogP contribution in [-0.2, 0) is 5.33 Å². The standard InChI is InChI=1S/C10H10BrNS2/c1-13-8-2-3-9-6(7(8)5-11)4-10(12)14-9/h2-4H,5,12H2,1H3. The van der Waals surface area contributed by atoms with Gasteiger partial charge in [0.2, 0.25) is 0 Å². The highest BCUT2D eigenvalue weighted by atomic mass is 79.9. The number of hydrogen-bond donors (Lipinski definition) is 1. The Morgan fingerprint density at radius 1 is 1.50 bits per heavy atom. The molecule has 0 bridgehead atoms. The first-order chi connectivity index (χ1) is 6.76. The van der Waals surface area contributed by atoms with Crippen molar-refractivity contribution in [2.24, 2.45) is 0 Å². The highest BCUT2D eigenvalue weighted by Crippen LogP contribution is 2.35. The lowest BCUT2D eigenvalue weighted by molar-refractivity contribution is 1.33. The van der Waals surface area contributed by atoms with E-state index in [0.717, 1.165) is 10.3 Å². The van der Waals surface area contributed by atoms with Gasteiger partial charge in [0.15, 0.2) is 0 Å². The SMILES string of the molecule is CSc1ccc2sc(N)cc2c1CBr. The first-order valence-electron chi connectivity index (χ1n) is 4.17. The van der Waals surface area contributed by atoms with Crippen LogP contribution in [0.2, 0.25) is 0 Å². The molecule has 74 valence electrons. The van der Waals surface area contributed by atoms with Gasteiger partial charge in [-0.2, -0.15) is 0 Å². The third-order valence-electron chi connectivity index (χ3n) is 2.14. The van der Waals surface area contributed by atoms with Gasteiger partial charge in [-0.05, 0) is 35.4 Å². The summed E-state index contributed by atoms with van der Waals surface area (Å²) in [6.07, 6.45) is 2.10. The molecule has 2 rings (SSSR count). The summed E-state index contributed by atoms with van der Waals surface area (Å²) >= 11 is 6.96. The lowest BCUT2D eigenvalue weighted by Crippen LogP contribution is -1.83. The van der Waals surface area contributed by atoms with Crippen molar-refractivity contribution in [3.8, 4) is 0 Å². The fraction of sp³-hybridized carbons (Fsp3) is 0.200. The zero-order chi connectivity index (χ0) is 10.1. The predicted octanol–water partition coefficient (Wildman–Crippen LogP) is 4.10. The van der Waals surface area contributed by atoms with Gasteiger partial charge in [-0.1, -0.05) is 15.9 Å². The maximum Gasteiger partial charge on any atom is 0.0868 e. The van der Waals surface area contributed by atoms with Gasteiger partial charge in [0, 0.05) is 14.9 Å². The summed E-state index contributed by atoms with van der Waals surface area (Å²) in [7, 11) is 0. The van der Waals surface area contributed by atoms with E-state index in [1.807, 2.05) is 0 Å². The third kappa shape index (κ3) is 1.66. The molecule has 0 aliphatic rings. The number of thioether (sulfide) groups is 1. The highest BCUT2D eigenvalue weighted by Gasteiger charge is 2.08. The number of rotatable bonds is 2. The smallest absolute Gasteiger partial charge is 0.0868 e. The van der Waals surface area contributed by atoms with Gasteiger partial charge >= 0.3 is 0 Å². The van der Waals surface area contributed by atoms with Crippen LogP contribution < -0.4 is 5.73 Å². The summed E-state index contributed by atoms with van der Waals surface area (Å²) in [4.78, 5) is 1.33. The van der Waals surface area contributed by atoms with Crippen LogP contribution >= 0.6 is 39.0 Å². The van der Waals surface area contributed by atoms with Gasteiger partial charge in [-0.15, -0.1) is 23.1 Å². The second-order valence-electron chi connectivity index (χ2n) is 2.94. The van der Waals surface area contributed by atoms with E-state index in [9.17, 15) is 0 Å². The molecule has 0 saturated carbocycles. The van der Waals surface area contributed by atoms with E-state index in [-0.39, 0.29) is 0 Å². The van der Waals surface area contributed by atoms with Crippen LogP contribution in [0.25, 0.3) is 10.1 Å². The number of benzene rings is 1. The monoisotopic (exact) mass is 287 g/mol. The van der Waals surface area contributed by atoms with Crippen LogP contribution in [0.5, 0.6) is 0 Å². The van der Waals surface area contributed by atoms with Crippen LogP contribution in [0, 0.1) is 0 Å². The topological polar surface area (TPSA) is 26.0 Å². The maximum atomic E-state index is 5.80. The molecular formula is C10H10BrNS2. The van der Waals surface area contributed by atoms with Crippen molar-refractivity contribution in [3.05, 3.63) is 23.8 Å². The second kappa shape index (κ2) is 4.13. The zero-order valence-electron chi connectivity index (χ0n) is 7.71. The lowest BCUT2D eigenvalue weighted by Gasteiger charge is -2.04. The number of fused-ring (bicyclic) bond motifs is 1. The van der Waals surface area contributed by atoms with E-state index >= 15 is 0 Å². The normalized spacial score (nSPS) is 11.0. The molecule has 4 heteroatoms. The second-order valence-corrected chi connectivity index (χ2v) is 5.46. The molecule has 2 aromatic rings. The zero-order valence-corrected chi connectivity index (χ0v) is 10.9. The van der Waals surface area contributed by atoms with E-state index < -0.39 is 0 Å². The summed E-state index contributed by atoms with van der Waals surface area (Å²) in [5.74, 6) is 0. The van der Waals surface area contributed by atoms with Crippen molar-refractivity contribution >= 4 is 54.1 Å². The molecule has 0 spiro atoms. The average Bonchev–Trinajstić information content (AvgIpc) is 2.56. The van der Waals surface area contributed by atoms with Crippen LogP contribution in [0.1, 0.15) is 5.56 Å². The molecule has 0 saturated heterocycles. The molecule has 0 amide bonds. The van der Waals surface area contributed by atoms with Crippen LogP contribution in [0.15, 0.2) is 23.1 Å². The molecule has 0 unspecified atom stereocenters. The number of nitrogen functional groups attached to an aromatic ring is 1. The van der Waals surface area contributed by atoms with E-state index in [0.29, 0.717) is 0 Å². The number of nitrogens with two attached hydrogens (primary N) is 1. The fourth-order valence-corrected chi connectivity index (χ4v) is 3.78. The summed E-state index contributed by atoms with van der Waals surface area (Å²) in [6, 6.07) is 6.38. The number of alkyl halides is 1. The van der Waals surface area contributed by atoms with Crippen LogP contribution in [0.3, 0.4) is 0 Å². The summed E-state index contributed by atoms with van der Waals surface area (Å²) in [5.41, 5.74) is 7.15. The minimum atomic E-state index is 0.886. The first-order valence-corrected chi connectivity index (χ1v) is 7.33. The number of halogens is 1. The quantitative estimate of drug-likeness (QED) is 0.665. The Morgan fingerprint density at radius 2 is 2.29 bits per heavy atom. The Labute approximate surface area is 99.8 Å². The summed E-state index contributed by atoms with van der Waals surface area (Å²) < 4.78 is 1.27. The minimum Gasteiger partial charge on any atom is -0.391 e. The summed E-state index contributed by atoms with van der Waals surface area (Å²) in [5, 5.41) is 3.06. The van der Waals surface area contributed by atoms with Crippen molar-refractivity contribution in [1.82, 2.24) is 0 Å². The average molecular weight is 288 g/mol. The minimum absolute atomic E-state index is 0.886. The number of anilines is 1. The van der Waals surface area contributed by atoms with Crippen molar-refractivity contribution in [2.75, 3.05) is 12.0 Å². The van der Waals surface area contributed by atoms with E-state index in [2.05, 4.69) is 40.4 Å². The molecular weight excluding hydrogens is 278 g/mol. The van der Waals surface area contributed by atoms with Crippen LogP contribution in [0.4, 0.5) is 5.00 Å². The molecule has 0 fully saturated rings. The Bertz CT molecular complexity index is 464. The molecule has 0 aliphatic carbocycles. The Hall–Kier alpha value is -0.190. The van der Waals surface area contributed by atoms with Gasteiger partial charge in [0.05, 0.1) is 5.00 Å². The molecule has 1 aromatic heterocycles. The number of hydrogen-bond acceptors (Lipinski definition) is 3. The lowest BCUT2D eigenvalue weighted by atomic mass is 10.1. The third-order valence-corrected chi connectivity index (χ3v) is 4.45. The molecule has 1 aromatic carbocycles. The molecule has 0 aliphatic heterocycles. The summed E-state index contributed by atoms with van der Waals surface area (Å²) in [6.45, 7) is 0. The van der Waals surface area contributed by atoms with Crippen molar-refractivity contribution in [1.29, 1.82) is 0 Å². The number of thiophene rings is 1. The van der Waals surface area contributed by atoms with Crippen molar-refractivity contribution in [3.63, 3.8) is 0 Å². The predicted molar refractivity (Wildman–Crippen MR) is 70.6 cm³/mol. The van der Waals surface area contributed by atoms with Crippen LogP contribution in [-0.4, -0.2) is 6.26 Å². The van der Waals surface area contributed by atoms with Gasteiger partial charge in [-0.3, -0.25) is 0 Å². The van der Waals surface area contributed by atoms with Crippen molar-refractivity contribution < 1.29 is 0 Å². The van der Waals surface area contributed by atoms with Gasteiger partial charge in [0.25, 0.3) is 0 Å². The Balaban J connectivity index is 2.75. The molecule has 0 radical (unpaired) electrons. The largest absolute Gasteiger partial charge is 0.391 e. The fourth-order valence-electron chi connectivity index (χ4n) is 1.50. The highest BCUT2D eigenvalue weighted by molar-refractivity contribution is 9.08. The molecule has 1 nitrogen and oxygen atoms in total. The molecule has 14 heavy (non-hydrogen) atoms. The van der Waals surface area contributed by atoms with E-state index in [4.69, 9.17) is 5.73 Å². The molecule has 1 heterocycles. The first kappa shape index (κ1) is 10.3. The van der Waals surface area contributed by atoms with Gasteiger partial charge in [-0.25, -0.2) is 0 Å². The van der Waals surface area contributed by atoms with E-state index in [1.165, 1.54) is 20.5 Å². The Kier molecular flexibility index (Phi) is 3.04. The molecule has 2 N–H and O–H groups in total. The van der Waals surface area contributed by atoms with E-state index in [1.54, 1.807) is 23.1 Å². The Morgan fingerprint density at radius 3 is 2.93 bits per heavy atom. The van der Waals surface area contributed by atoms with Crippen molar-refractivity contribution in [2.45, 2.75) is 10.2 Å². The molecule has 0 atom stereocenters. The van der Waals surface area contributed by atoms with Gasteiger partial charge in [0.1, 0.15) is 0 Å². The maximum absolute atomic E-state index is 5.80.